The predicted octanol–water partition coefficient (Wildman–Crippen LogP) is 1.75. The molecule has 0 saturated heterocycles. The lowest BCUT2D eigenvalue weighted by Gasteiger charge is -2.28. The van der Waals surface area contributed by atoms with Gasteiger partial charge in [0.25, 0.3) is 5.82 Å². The number of hydrogen-bond acceptors (Lipinski definition) is 2. The van der Waals surface area contributed by atoms with Crippen molar-refractivity contribution in [2.45, 2.75) is 44.2 Å². The van der Waals surface area contributed by atoms with Gasteiger partial charge in [-0.1, -0.05) is 13.3 Å². The molecule has 134 valence electrons. The van der Waals surface area contributed by atoms with Crippen LogP contribution in [0.1, 0.15) is 25.6 Å². The summed E-state index contributed by atoms with van der Waals surface area (Å²) in [5.74, 6) is -15.4. The summed E-state index contributed by atoms with van der Waals surface area (Å²) in [5, 5.41) is 9.27. The zero-order valence-corrected chi connectivity index (χ0v) is 12.2. The predicted molar refractivity (Wildman–Crippen MR) is 61.5 cm³/mol. The van der Waals surface area contributed by atoms with Crippen LogP contribution < -0.4 is 9.67 Å². The first-order chi connectivity index (χ1) is 10.3. The monoisotopic (exact) mass is 352 g/mol. The summed E-state index contributed by atoms with van der Waals surface area (Å²) >= 11 is 0. The van der Waals surface area contributed by atoms with Crippen LogP contribution in [0, 0.1) is 0 Å². The molecule has 1 aromatic rings. The Hall–Kier alpha value is -1.81. The average molecular weight is 352 g/mol. The van der Waals surface area contributed by atoms with Gasteiger partial charge in [0.1, 0.15) is 18.4 Å². The number of alkyl halides is 7. The number of rotatable bonds is 5. The van der Waals surface area contributed by atoms with Gasteiger partial charge in [-0.2, -0.15) is 30.7 Å². The molecule has 0 aliphatic heterocycles. The molecule has 23 heavy (non-hydrogen) atoms. The molecule has 0 aliphatic carbocycles. The summed E-state index contributed by atoms with van der Waals surface area (Å²) in [7, 11) is 2.07. The number of aromatic amines is 1. The van der Waals surface area contributed by atoms with E-state index in [1.165, 1.54) is 25.1 Å². The highest BCUT2D eigenvalue weighted by Crippen LogP contribution is 2.46. The fourth-order valence-electron chi connectivity index (χ4n) is 1.34. The number of aryl methyl sites for hydroxylation is 2. The van der Waals surface area contributed by atoms with Gasteiger partial charge in [0.05, 0.1) is 7.05 Å². The Bertz CT molecular complexity index is 512. The molecule has 0 aromatic carbocycles. The van der Waals surface area contributed by atoms with E-state index < -0.39 is 24.0 Å². The minimum absolute atomic E-state index is 1.17. The molecule has 0 saturated carbocycles. The van der Waals surface area contributed by atoms with Crippen molar-refractivity contribution in [1.82, 2.24) is 4.98 Å². The Morgan fingerprint density at radius 3 is 2.00 bits per heavy atom. The molecular weight excluding hydrogens is 337 g/mol. The van der Waals surface area contributed by atoms with E-state index in [9.17, 15) is 40.6 Å². The Balaban J connectivity index is 0.000000433. The third kappa shape index (κ3) is 5.10. The zero-order chi connectivity index (χ0) is 18.5. The largest absolute Gasteiger partial charge is 0.544 e. The molecule has 0 unspecified atom stereocenters. The van der Waals surface area contributed by atoms with Crippen molar-refractivity contribution in [3.63, 3.8) is 0 Å². The molecule has 0 spiro atoms. The van der Waals surface area contributed by atoms with Crippen molar-refractivity contribution < 1.29 is 45.2 Å². The van der Waals surface area contributed by atoms with Crippen LogP contribution in [0.25, 0.3) is 0 Å². The molecule has 0 fully saturated rings. The number of aliphatic carboxylic acids is 1. The van der Waals surface area contributed by atoms with Crippen LogP contribution >= 0.6 is 0 Å². The van der Waals surface area contributed by atoms with E-state index in [0.717, 1.165) is 0 Å². The first-order valence-corrected chi connectivity index (χ1v) is 6.34. The first-order valence-electron chi connectivity index (χ1n) is 6.34. The van der Waals surface area contributed by atoms with Gasteiger partial charge in [-0.05, 0) is 6.42 Å². The quantitative estimate of drug-likeness (QED) is 0.648. The molecule has 1 heterocycles. The molecule has 0 radical (unpaired) electrons. The van der Waals surface area contributed by atoms with Gasteiger partial charge in [0.15, 0.2) is 0 Å². The smallest absolute Gasteiger partial charge is 0.460 e. The number of carboxylic acid groups (broad SMARTS) is 1. The van der Waals surface area contributed by atoms with Gasteiger partial charge in [-0.3, -0.25) is 0 Å². The average Bonchev–Trinajstić information content (AvgIpc) is 2.81. The van der Waals surface area contributed by atoms with E-state index in [-0.39, 0.29) is 0 Å². The van der Waals surface area contributed by atoms with Gasteiger partial charge in [-0.25, -0.2) is 9.55 Å². The van der Waals surface area contributed by atoms with E-state index in [4.69, 9.17) is 0 Å². The lowest BCUT2D eigenvalue weighted by Crippen LogP contribution is -2.60. The van der Waals surface area contributed by atoms with Crippen LogP contribution in [0.15, 0.2) is 12.4 Å². The summed E-state index contributed by atoms with van der Waals surface area (Å²) in [6, 6.07) is 0. The fourth-order valence-corrected chi connectivity index (χ4v) is 1.34. The molecule has 0 atom stereocenters. The standard InChI is InChI=1S/C8H14N2.C4HF7O2/c1-3-4-5-8-9-6-7-10(8)2;5-2(6,1(12)13)3(7,8)4(9,10)11/h6-7H,3-5H2,1-2H3;(H,12,13). The number of nitrogens with one attached hydrogen (secondary N) is 1. The van der Waals surface area contributed by atoms with Gasteiger partial charge in [0.2, 0.25) is 0 Å². The Morgan fingerprint density at radius 2 is 1.74 bits per heavy atom. The molecule has 0 bridgehead atoms. The summed E-state index contributed by atoms with van der Waals surface area (Å²) in [6.45, 7) is 2.21. The second-order valence-electron chi connectivity index (χ2n) is 4.56. The lowest BCUT2D eigenvalue weighted by molar-refractivity contribution is -0.677. The molecule has 4 nitrogen and oxygen atoms in total. The number of aromatic nitrogens is 2. The lowest BCUT2D eigenvalue weighted by atomic mass is 10.1. The van der Waals surface area contributed by atoms with Crippen molar-refractivity contribution >= 4 is 5.97 Å². The summed E-state index contributed by atoms with van der Waals surface area (Å²) in [4.78, 5) is 12.5. The molecule has 1 aromatic heterocycles. The Labute approximate surface area is 126 Å². The highest BCUT2D eigenvalue weighted by Gasteiger charge is 2.73. The number of carbonyl (C=O) groups is 1. The number of carboxylic acids is 1. The molecule has 11 heteroatoms. The van der Waals surface area contributed by atoms with Crippen LogP contribution in [0.3, 0.4) is 0 Å². The molecule has 1 N–H and O–H groups in total. The number of H-pyrrole nitrogens is 1. The van der Waals surface area contributed by atoms with Gasteiger partial charge in [0, 0.05) is 6.42 Å². The van der Waals surface area contributed by atoms with Crippen LogP contribution in [0.5, 0.6) is 0 Å². The van der Waals surface area contributed by atoms with E-state index in [1.807, 2.05) is 12.4 Å². The number of imidazole rings is 1. The normalized spacial score (nSPS) is 12.6. The summed E-state index contributed by atoms with van der Waals surface area (Å²) in [5.41, 5.74) is 0. The maximum atomic E-state index is 11.7. The highest BCUT2D eigenvalue weighted by atomic mass is 19.4. The number of unbranched alkanes of at least 4 members (excludes halogenated alkanes) is 1. The SMILES string of the molecule is CCCCc1[nH]cc[n+]1C.O=C([O-])C(F)(F)C(F)(F)C(F)(F)F. The third-order valence-electron chi connectivity index (χ3n) is 2.75. The number of halogens is 7. The Morgan fingerprint density at radius 1 is 1.22 bits per heavy atom. The minimum Gasteiger partial charge on any atom is -0.544 e. The first kappa shape index (κ1) is 21.2. The summed E-state index contributed by atoms with van der Waals surface area (Å²) < 4.78 is 82.3. The minimum atomic E-state index is -6.64. The van der Waals surface area contributed by atoms with E-state index in [0.29, 0.717) is 0 Å². The van der Waals surface area contributed by atoms with Gasteiger partial charge < -0.3 is 9.90 Å². The molecular formula is C12H15F7N2O2. The van der Waals surface area contributed by atoms with Crippen molar-refractivity contribution in [3.8, 4) is 0 Å². The zero-order valence-electron chi connectivity index (χ0n) is 12.2. The van der Waals surface area contributed by atoms with Crippen molar-refractivity contribution in [2.24, 2.45) is 7.05 Å². The topological polar surface area (TPSA) is 59.8 Å². The van der Waals surface area contributed by atoms with E-state index in [2.05, 4.69) is 23.5 Å². The molecule has 1 rings (SSSR count). The molecule has 0 amide bonds. The molecule has 0 aliphatic rings. The highest BCUT2D eigenvalue weighted by molar-refractivity contribution is 5.74. The van der Waals surface area contributed by atoms with Crippen LogP contribution in [-0.4, -0.2) is 29.0 Å². The number of hydrogen-bond donors (Lipinski definition) is 1. The number of nitrogens with zero attached hydrogens (tertiary/aromatic N) is 1. The number of carbonyl (C=O) groups excluding carboxylic acids is 1. The Kier molecular flexibility index (Phi) is 7.04. The van der Waals surface area contributed by atoms with Crippen LogP contribution in [-0.2, 0) is 18.3 Å². The van der Waals surface area contributed by atoms with Gasteiger partial charge in [-0.15, -0.1) is 0 Å². The summed E-state index contributed by atoms with van der Waals surface area (Å²) in [6.07, 6.45) is 1.08. The maximum absolute atomic E-state index is 11.7. The third-order valence-corrected chi connectivity index (χ3v) is 2.75. The fraction of sp³-hybridized carbons (Fsp3) is 0.667. The van der Waals surface area contributed by atoms with Crippen LogP contribution in [0.4, 0.5) is 30.7 Å². The van der Waals surface area contributed by atoms with Crippen LogP contribution in [0.2, 0.25) is 0 Å². The second kappa shape index (κ2) is 7.64. The van der Waals surface area contributed by atoms with E-state index >= 15 is 0 Å². The van der Waals surface area contributed by atoms with Crippen molar-refractivity contribution in [2.75, 3.05) is 0 Å². The van der Waals surface area contributed by atoms with Gasteiger partial charge >= 0.3 is 18.0 Å². The van der Waals surface area contributed by atoms with E-state index in [1.54, 1.807) is 0 Å². The second-order valence-corrected chi connectivity index (χ2v) is 4.56. The maximum Gasteiger partial charge on any atom is 0.460 e. The van der Waals surface area contributed by atoms with Crippen molar-refractivity contribution in [3.05, 3.63) is 18.2 Å². The van der Waals surface area contributed by atoms with Crippen molar-refractivity contribution in [1.29, 1.82) is 0 Å².